The van der Waals surface area contributed by atoms with Crippen LogP contribution in [-0.4, -0.2) is 20.7 Å². The molecule has 20 heavy (non-hydrogen) atoms. The number of Topliss-reactive ketones (excluding diaryl/α,β-unsaturated/α-hetero) is 1. The van der Waals surface area contributed by atoms with Crippen molar-refractivity contribution in [3.05, 3.63) is 24.3 Å². The molecule has 0 N–H and O–H groups in total. The summed E-state index contributed by atoms with van der Waals surface area (Å²) in [5.74, 6) is 1.96. The van der Waals surface area contributed by atoms with Gasteiger partial charge in [0.1, 0.15) is 5.78 Å². The summed E-state index contributed by atoms with van der Waals surface area (Å²) in [6.07, 6.45) is 8.83. The summed E-state index contributed by atoms with van der Waals surface area (Å²) in [6.45, 7) is 12.3. The van der Waals surface area contributed by atoms with Crippen molar-refractivity contribution in [1.82, 2.24) is 0 Å². The summed E-state index contributed by atoms with van der Waals surface area (Å²) < 4.78 is 6.43. The van der Waals surface area contributed by atoms with Gasteiger partial charge in [0, 0.05) is 18.4 Å². The van der Waals surface area contributed by atoms with Crippen molar-refractivity contribution in [1.29, 1.82) is 0 Å². The van der Waals surface area contributed by atoms with Crippen molar-refractivity contribution in [2.75, 3.05) is 6.61 Å². The van der Waals surface area contributed by atoms with Crippen LogP contribution < -0.4 is 0 Å². The second-order valence-corrected chi connectivity index (χ2v) is 12.9. The van der Waals surface area contributed by atoms with E-state index in [4.69, 9.17) is 4.43 Å². The van der Waals surface area contributed by atoms with Gasteiger partial charge in [-0.2, -0.15) is 0 Å². The fourth-order valence-electron chi connectivity index (χ4n) is 3.60. The minimum Gasteiger partial charge on any atom is -0.417 e. The van der Waals surface area contributed by atoms with E-state index in [-0.39, 0.29) is 16.9 Å². The SMILES string of the molecule is CC(C)(C)[Si](C)(C)OCC1C2C=CC1C1C=CC2C1=O. The largest absolute Gasteiger partial charge is 0.417 e. The fraction of sp³-hybridized carbons (Fsp3) is 0.706. The van der Waals surface area contributed by atoms with Gasteiger partial charge in [-0.25, -0.2) is 0 Å². The predicted molar refractivity (Wildman–Crippen MR) is 83.9 cm³/mol. The first-order valence-electron chi connectivity index (χ1n) is 7.77. The molecule has 4 unspecified atom stereocenters. The quantitative estimate of drug-likeness (QED) is 0.583. The van der Waals surface area contributed by atoms with Crippen molar-refractivity contribution in [3.63, 3.8) is 0 Å². The molecular weight excluding hydrogens is 264 g/mol. The lowest BCUT2D eigenvalue weighted by Crippen LogP contribution is -2.45. The molecule has 0 aliphatic heterocycles. The first-order chi connectivity index (χ1) is 9.22. The third-order valence-electron chi connectivity index (χ3n) is 6.00. The summed E-state index contributed by atoms with van der Waals surface area (Å²) in [4.78, 5) is 12.2. The minimum atomic E-state index is -1.69. The lowest BCUT2D eigenvalue weighted by molar-refractivity contribution is -0.129. The van der Waals surface area contributed by atoms with E-state index < -0.39 is 8.32 Å². The van der Waals surface area contributed by atoms with E-state index in [2.05, 4.69) is 58.2 Å². The lowest BCUT2D eigenvalue weighted by atomic mass is 9.69. The molecule has 0 saturated heterocycles. The average molecular weight is 290 g/mol. The van der Waals surface area contributed by atoms with E-state index in [0.717, 1.165) is 6.61 Å². The van der Waals surface area contributed by atoms with Crippen molar-refractivity contribution >= 4 is 14.1 Å². The Labute approximate surface area is 123 Å². The zero-order chi connectivity index (χ0) is 14.7. The van der Waals surface area contributed by atoms with Crippen molar-refractivity contribution in [2.24, 2.45) is 29.6 Å². The summed E-state index contributed by atoms with van der Waals surface area (Å²) in [5, 5.41) is 0.251. The number of rotatable bonds is 3. The molecule has 0 radical (unpaired) electrons. The number of hydrogen-bond donors (Lipinski definition) is 0. The number of carbonyl (C=O) groups is 1. The van der Waals surface area contributed by atoms with Crippen molar-refractivity contribution in [3.8, 4) is 0 Å². The molecule has 0 amide bonds. The summed E-state index contributed by atoms with van der Waals surface area (Å²) in [7, 11) is -1.69. The molecule has 110 valence electrons. The van der Waals surface area contributed by atoms with Crippen LogP contribution >= 0.6 is 0 Å². The Hall–Kier alpha value is -0.673. The number of hydrogen-bond acceptors (Lipinski definition) is 2. The zero-order valence-corrected chi connectivity index (χ0v) is 14.2. The molecule has 1 saturated carbocycles. The topological polar surface area (TPSA) is 26.3 Å². The maximum absolute atomic E-state index is 12.2. The molecule has 3 aliphatic rings. The van der Waals surface area contributed by atoms with Gasteiger partial charge >= 0.3 is 0 Å². The van der Waals surface area contributed by atoms with E-state index in [1.165, 1.54) is 0 Å². The summed E-state index contributed by atoms with van der Waals surface area (Å²) in [6, 6.07) is 0. The Morgan fingerprint density at radius 2 is 1.55 bits per heavy atom. The third kappa shape index (κ3) is 1.98. The van der Waals surface area contributed by atoms with Crippen LogP contribution in [0.3, 0.4) is 0 Å². The van der Waals surface area contributed by atoms with Crippen LogP contribution in [0.25, 0.3) is 0 Å². The van der Waals surface area contributed by atoms with Crippen LogP contribution in [0.1, 0.15) is 20.8 Å². The van der Waals surface area contributed by atoms with Gasteiger partial charge in [-0.1, -0.05) is 45.1 Å². The van der Waals surface area contributed by atoms with E-state index in [1.807, 2.05) is 0 Å². The van der Waals surface area contributed by atoms with Gasteiger partial charge < -0.3 is 4.43 Å². The zero-order valence-electron chi connectivity index (χ0n) is 13.2. The molecule has 0 aromatic rings. The Kier molecular flexibility index (Phi) is 3.15. The Bertz CT molecular complexity index is 458. The molecule has 0 aromatic carbocycles. The van der Waals surface area contributed by atoms with Crippen LogP contribution in [0.15, 0.2) is 24.3 Å². The highest BCUT2D eigenvalue weighted by Crippen LogP contribution is 2.51. The predicted octanol–water partition coefficient (Wildman–Crippen LogP) is 3.81. The van der Waals surface area contributed by atoms with Gasteiger partial charge in [-0.3, -0.25) is 4.79 Å². The molecule has 3 aliphatic carbocycles. The van der Waals surface area contributed by atoms with Crippen LogP contribution in [-0.2, 0) is 9.22 Å². The lowest BCUT2D eigenvalue weighted by Gasteiger charge is -2.40. The Morgan fingerprint density at radius 3 is 2.00 bits per heavy atom. The standard InChI is InChI=1S/C17H26O2Si/c1-17(2,3)20(4,5)19-10-15-11-6-7-12(15)14-9-8-13(11)16(14)18/h6-9,11-15H,10H2,1-5H3. The maximum Gasteiger partial charge on any atom is 0.191 e. The Balaban J connectivity index is 1.71. The molecule has 1 fully saturated rings. The molecule has 4 bridgehead atoms. The minimum absolute atomic E-state index is 0.128. The van der Waals surface area contributed by atoms with E-state index in [0.29, 0.717) is 23.5 Å². The van der Waals surface area contributed by atoms with Crippen LogP contribution in [0.2, 0.25) is 18.1 Å². The highest BCUT2D eigenvalue weighted by Gasteiger charge is 2.52. The molecule has 3 heteroatoms. The second kappa shape index (κ2) is 4.41. The van der Waals surface area contributed by atoms with E-state index >= 15 is 0 Å². The van der Waals surface area contributed by atoms with Crippen molar-refractivity contribution < 1.29 is 9.22 Å². The van der Waals surface area contributed by atoms with Gasteiger partial charge in [0.05, 0.1) is 0 Å². The molecule has 3 rings (SSSR count). The van der Waals surface area contributed by atoms with Crippen LogP contribution in [0, 0.1) is 29.6 Å². The number of carbonyl (C=O) groups excluding carboxylic acids is 1. The van der Waals surface area contributed by atoms with E-state index in [1.54, 1.807) is 0 Å². The summed E-state index contributed by atoms with van der Waals surface area (Å²) in [5.41, 5.74) is 0. The van der Waals surface area contributed by atoms with Gasteiger partial charge in [0.2, 0.25) is 0 Å². The Morgan fingerprint density at radius 1 is 1.05 bits per heavy atom. The van der Waals surface area contributed by atoms with Gasteiger partial charge in [-0.15, -0.1) is 0 Å². The van der Waals surface area contributed by atoms with Crippen LogP contribution in [0.5, 0.6) is 0 Å². The molecule has 0 spiro atoms. The number of fused-ring (bicyclic) bond motifs is 6. The van der Waals surface area contributed by atoms with E-state index in [9.17, 15) is 4.79 Å². The van der Waals surface area contributed by atoms with Crippen molar-refractivity contribution in [2.45, 2.75) is 38.9 Å². The monoisotopic (exact) mass is 290 g/mol. The first kappa shape index (κ1) is 14.3. The number of allylic oxidation sites excluding steroid dienone is 4. The second-order valence-electron chi connectivity index (χ2n) is 8.11. The third-order valence-corrected chi connectivity index (χ3v) is 10.5. The highest BCUT2D eigenvalue weighted by molar-refractivity contribution is 6.74. The van der Waals surface area contributed by atoms with Crippen LogP contribution in [0.4, 0.5) is 0 Å². The number of ketones is 1. The smallest absolute Gasteiger partial charge is 0.191 e. The molecular formula is C17H26O2Si. The molecule has 2 nitrogen and oxygen atoms in total. The maximum atomic E-state index is 12.2. The summed E-state index contributed by atoms with van der Waals surface area (Å²) >= 11 is 0. The fourth-order valence-corrected chi connectivity index (χ4v) is 4.64. The highest BCUT2D eigenvalue weighted by atomic mass is 28.4. The first-order valence-corrected chi connectivity index (χ1v) is 10.7. The van der Waals surface area contributed by atoms with Gasteiger partial charge in [0.25, 0.3) is 0 Å². The molecule has 0 heterocycles. The normalized spacial score (nSPS) is 38.9. The molecule has 0 aromatic heterocycles. The average Bonchev–Trinajstić information content (AvgIpc) is 2.77. The molecule has 4 atom stereocenters. The van der Waals surface area contributed by atoms with Gasteiger partial charge in [0.15, 0.2) is 8.32 Å². The van der Waals surface area contributed by atoms with Gasteiger partial charge in [-0.05, 0) is 35.9 Å².